The van der Waals surface area contributed by atoms with Crippen molar-refractivity contribution in [3.63, 3.8) is 0 Å². The second kappa shape index (κ2) is 25.4. The summed E-state index contributed by atoms with van der Waals surface area (Å²) in [7, 11) is 0. The van der Waals surface area contributed by atoms with Crippen LogP contribution in [-0.4, -0.2) is 0 Å². The fraction of sp³-hybridized carbons (Fsp3) is 0.0976. The molecular weight excluding hydrogens is 1010 g/mol. The van der Waals surface area contributed by atoms with Gasteiger partial charge >= 0.3 is 0 Å². The van der Waals surface area contributed by atoms with Crippen LogP contribution in [0.15, 0.2) is 255 Å². The lowest BCUT2D eigenvalue weighted by Crippen LogP contribution is -2.11. The number of rotatable bonds is 16. The van der Waals surface area contributed by atoms with Gasteiger partial charge in [-0.3, -0.25) is 0 Å². The van der Waals surface area contributed by atoms with E-state index >= 15 is 0 Å². The van der Waals surface area contributed by atoms with Crippen molar-refractivity contribution in [2.24, 2.45) is 0 Å². The van der Waals surface area contributed by atoms with Gasteiger partial charge in [0.1, 0.15) is 0 Å². The summed E-state index contributed by atoms with van der Waals surface area (Å²) < 4.78 is 0. The molecule has 0 saturated heterocycles. The fourth-order valence-electron chi connectivity index (χ4n) is 10.9. The zero-order valence-electron chi connectivity index (χ0n) is 49.6. The molecule has 0 radical (unpaired) electrons. The largest absolute Gasteiger partial charge is 0.310 e. The summed E-state index contributed by atoms with van der Waals surface area (Å²) in [5.74, 6) is 0. The highest BCUT2D eigenvalue weighted by Gasteiger charge is 2.18. The molecule has 0 unspecified atom stereocenters. The Morgan fingerprint density at radius 1 is 0.226 bits per heavy atom. The van der Waals surface area contributed by atoms with Gasteiger partial charge in [-0.05, 0) is 206 Å². The predicted molar refractivity (Wildman–Crippen MR) is 364 cm³/mol. The summed E-state index contributed by atoms with van der Waals surface area (Å²) in [6.07, 6.45) is 13.4. The van der Waals surface area contributed by atoms with Crippen LogP contribution in [0.5, 0.6) is 0 Å². The van der Waals surface area contributed by atoms with E-state index in [-0.39, 0.29) is 0 Å². The van der Waals surface area contributed by atoms with E-state index in [4.69, 9.17) is 0 Å². The van der Waals surface area contributed by atoms with E-state index in [0.29, 0.717) is 0 Å². The average molecular weight is 1090 g/mol. The Morgan fingerprint density at radius 3 is 0.679 bits per heavy atom. The molecule has 0 N–H and O–H groups in total. The van der Waals surface area contributed by atoms with Gasteiger partial charge in [-0.2, -0.15) is 0 Å². The second-order valence-electron chi connectivity index (χ2n) is 22.5. The molecule has 0 aliphatic carbocycles. The SMILES string of the molecule is Cc1ccc(C(=Cc2ccc(N(c3ccc(/C=C/c4ccc(/C=C/c5ccc(N(c6ccc(C=C(c7ccc(C)cc7)c7ccc(C)cc7)cc6)c6ccc(C)cc6C)cc5)cc4)cc3)c3ccc(C)cc3C)cc2)c2ccc(C)cc2)cc1. The molecule has 0 amide bonds. The zero-order valence-corrected chi connectivity index (χ0v) is 49.6. The lowest BCUT2D eigenvalue weighted by atomic mass is 9.94. The van der Waals surface area contributed by atoms with Crippen LogP contribution in [0.4, 0.5) is 34.1 Å². The van der Waals surface area contributed by atoms with Crippen molar-refractivity contribution in [3.05, 3.63) is 355 Å². The molecular formula is C82H72N2. The van der Waals surface area contributed by atoms with Gasteiger partial charge in [0.25, 0.3) is 0 Å². The summed E-state index contributed by atoms with van der Waals surface area (Å²) in [5, 5.41) is 0. The molecule has 0 aromatic heterocycles. The Kier molecular flexibility index (Phi) is 16.9. The van der Waals surface area contributed by atoms with Crippen molar-refractivity contribution in [2.75, 3.05) is 9.80 Å². The molecule has 0 bridgehead atoms. The number of benzene rings is 11. The predicted octanol–water partition coefficient (Wildman–Crippen LogP) is 22.6. The maximum atomic E-state index is 2.37. The third kappa shape index (κ3) is 13.5. The lowest BCUT2D eigenvalue weighted by Gasteiger charge is -2.27. The first kappa shape index (κ1) is 55.9. The zero-order chi connectivity index (χ0) is 58.1. The van der Waals surface area contributed by atoms with Crippen LogP contribution in [0, 0.1) is 55.4 Å². The van der Waals surface area contributed by atoms with Crippen molar-refractivity contribution in [2.45, 2.75) is 55.4 Å². The van der Waals surface area contributed by atoms with Gasteiger partial charge < -0.3 is 9.80 Å². The van der Waals surface area contributed by atoms with E-state index in [1.807, 2.05) is 0 Å². The van der Waals surface area contributed by atoms with Gasteiger partial charge in [-0.1, -0.05) is 252 Å². The molecule has 0 heterocycles. The summed E-state index contributed by atoms with van der Waals surface area (Å²) >= 11 is 0. The molecule has 0 aliphatic rings. The molecule has 11 aromatic carbocycles. The molecule has 410 valence electrons. The van der Waals surface area contributed by atoms with Crippen molar-refractivity contribution >= 4 is 81.7 Å². The van der Waals surface area contributed by atoms with Gasteiger partial charge in [-0.25, -0.2) is 0 Å². The van der Waals surface area contributed by atoms with Crippen LogP contribution < -0.4 is 9.80 Å². The van der Waals surface area contributed by atoms with Gasteiger partial charge in [0.2, 0.25) is 0 Å². The Balaban J connectivity index is 0.784. The molecule has 0 spiro atoms. The summed E-state index contributed by atoms with van der Waals surface area (Å²) in [6, 6.07) is 93.2. The van der Waals surface area contributed by atoms with Crippen LogP contribution >= 0.6 is 0 Å². The monoisotopic (exact) mass is 1080 g/mol. The first-order chi connectivity index (χ1) is 40.8. The number of anilines is 6. The minimum absolute atomic E-state index is 1.10. The maximum Gasteiger partial charge on any atom is 0.0490 e. The van der Waals surface area contributed by atoms with Crippen LogP contribution in [0.2, 0.25) is 0 Å². The molecule has 11 rings (SSSR count). The summed E-state index contributed by atoms with van der Waals surface area (Å²) in [4.78, 5) is 4.73. The Labute approximate surface area is 499 Å². The van der Waals surface area contributed by atoms with Crippen molar-refractivity contribution in [1.29, 1.82) is 0 Å². The van der Waals surface area contributed by atoms with Crippen molar-refractivity contribution < 1.29 is 0 Å². The van der Waals surface area contributed by atoms with E-state index in [0.717, 1.165) is 67.5 Å². The normalized spacial score (nSPS) is 11.2. The van der Waals surface area contributed by atoms with Crippen LogP contribution in [0.3, 0.4) is 0 Å². The van der Waals surface area contributed by atoms with E-state index in [9.17, 15) is 0 Å². The minimum Gasteiger partial charge on any atom is -0.310 e. The van der Waals surface area contributed by atoms with Gasteiger partial charge in [0.05, 0.1) is 0 Å². The van der Waals surface area contributed by atoms with E-state index in [2.05, 4.69) is 356 Å². The summed E-state index contributed by atoms with van der Waals surface area (Å²) in [5.41, 5.74) is 30.8. The number of nitrogens with zero attached hydrogens (tertiary/aromatic N) is 2. The molecule has 0 atom stereocenters. The molecule has 2 nitrogen and oxygen atoms in total. The Bertz CT molecular complexity index is 3790. The number of aryl methyl sites for hydroxylation is 8. The molecule has 0 aliphatic heterocycles. The van der Waals surface area contributed by atoms with E-state index in [1.54, 1.807) is 0 Å². The molecule has 11 aromatic rings. The summed E-state index contributed by atoms with van der Waals surface area (Å²) in [6.45, 7) is 17.3. The highest BCUT2D eigenvalue weighted by molar-refractivity contribution is 5.93. The van der Waals surface area contributed by atoms with Crippen LogP contribution in [0.25, 0.3) is 47.6 Å². The molecule has 0 fully saturated rings. The fourth-order valence-corrected chi connectivity index (χ4v) is 10.9. The highest BCUT2D eigenvalue weighted by Crippen LogP contribution is 2.40. The van der Waals surface area contributed by atoms with Crippen LogP contribution in [-0.2, 0) is 0 Å². The van der Waals surface area contributed by atoms with Crippen molar-refractivity contribution in [1.82, 2.24) is 0 Å². The smallest absolute Gasteiger partial charge is 0.0490 e. The Hall–Kier alpha value is -10.0. The lowest BCUT2D eigenvalue weighted by molar-refractivity contribution is 1.24. The van der Waals surface area contributed by atoms with Crippen LogP contribution in [0.1, 0.15) is 100 Å². The third-order valence-electron chi connectivity index (χ3n) is 15.7. The first-order valence-electron chi connectivity index (χ1n) is 29.2. The van der Waals surface area contributed by atoms with Gasteiger partial charge in [0.15, 0.2) is 0 Å². The average Bonchev–Trinajstić information content (AvgIpc) is 3.62. The Morgan fingerprint density at radius 2 is 0.440 bits per heavy atom. The third-order valence-corrected chi connectivity index (χ3v) is 15.7. The first-order valence-corrected chi connectivity index (χ1v) is 29.2. The topological polar surface area (TPSA) is 6.48 Å². The number of hydrogen-bond acceptors (Lipinski definition) is 2. The minimum atomic E-state index is 1.10. The van der Waals surface area contributed by atoms with E-state index in [1.165, 1.54) is 77.9 Å². The highest BCUT2D eigenvalue weighted by atomic mass is 15.1. The second-order valence-corrected chi connectivity index (χ2v) is 22.5. The molecule has 2 heteroatoms. The standard InChI is InChI=1S/C82H72N2/c1-57-9-35-71(36-10-57)79(72-37-11-58(2)12-38-72)55-69-31-47-77(48-32-69)83(81-51-17-61(5)53-63(81)7)75-43-27-67(28-44-75)25-23-65-19-21-66(22-20-65)24-26-68-29-45-76(46-30-68)84(82-52-18-62(6)54-64(82)8)78-49-33-70(34-50-78)56-80(73-39-13-59(3)14-40-73)74-41-15-60(4)16-42-74/h9-56H,1-8H3/b25-23+,26-24+. The maximum absolute atomic E-state index is 2.37. The molecule has 0 saturated carbocycles. The van der Waals surface area contributed by atoms with Crippen molar-refractivity contribution in [3.8, 4) is 0 Å². The molecule has 84 heavy (non-hydrogen) atoms. The number of hydrogen-bond donors (Lipinski definition) is 0. The quantitative estimate of drug-likeness (QED) is 0.0890. The van der Waals surface area contributed by atoms with Gasteiger partial charge in [0, 0.05) is 34.1 Å². The van der Waals surface area contributed by atoms with Gasteiger partial charge in [-0.15, -0.1) is 0 Å². The van der Waals surface area contributed by atoms with E-state index < -0.39 is 0 Å².